The number of rotatable bonds is 5. The molecule has 1 aromatic heterocycles. The van der Waals surface area contributed by atoms with Crippen molar-refractivity contribution in [2.24, 2.45) is 0 Å². The summed E-state index contributed by atoms with van der Waals surface area (Å²) in [6.45, 7) is 6.54. The summed E-state index contributed by atoms with van der Waals surface area (Å²) in [5.41, 5.74) is 0. The average molecular weight is 303 g/mol. The minimum atomic E-state index is 0.440. The van der Waals surface area contributed by atoms with Crippen LogP contribution < -0.4 is 0 Å². The molecule has 0 N–H and O–H groups in total. The molecule has 0 spiro atoms. The van der Waals surface area contributed by atoms with E-state index in [0.717, 1.165) is 50.4 Å². The molecule has 1 aliphatic heterocycles. The molecule has 0 aromatic carbocycles. The van der Waals surface area contributed by atoms with Crippen LogP contribution in [0.15, 0.2) is 6.33 Å². The number of nitrogens with zero attached hydrogens (tertiary/aromatic N) is 4. The third-order valence-electron chi connectivity index (χ3n) is 3.00. The van der Waals surface area contributed by atoms with Gasteiger partial charge in [0.1, 0.15) is 12.2 Å². The Labute approximate surface area is 110 Å². The Morgan fingerprint density at radius 2 is 2.47 bits per heavy atom. The first-order chi connectivity index (χ1) is 8.35. The van der Waals surface area contributed by atoms with E-state index in [0.29, 0.717) is 6.04 Å². The monoisotopic (exact) mass is 302 g/mol. The van der Waals surface area contributed by atoms with Crippen molar-refractivity contribution in [2.75, 3.05) is 25.1 Å². The highest BCUT2D eigenvalue weighted by Crippen LogP contribution is 2.12. The molecule has 1 saturated heterocycles. The van der Waals surface area contributed by atoms with E-state index in [2.05, 4.69) is 37.8 Å². The van der Waals surface area contributed by atoms with Gasteiger partial charge in [-0.2, -0.15) is 5.10 Å². The molecule has 6 heteroatoms. The van der Waals surface area contributed by atoms with E-state index in [1.807, 2.05) is 4.68 Å². The van der Waals surface area contributed by atoms with Crippen molar-refractivity contribution in [2.45, 2.75) is 32.5 Å². The lowest BCUT2D eigenvalue weighted by atomic mass is 10.2. The van der Waals surface area contributed by atoms with Crippen molar-refractivity contribution in [3.05, 3.63) is 12.2 Å². The minimum Gasteiger partial charge on any atom is -0.378 e. The summed E-state index contributed by atoms with van der Waals surface area (Å²) in [5.74, 6) is 1.06. The number of ether oxygens (including phenoxy) is 1. The molecule has 96 valence electrons. The van der Waals surface area contributed by atoms with E-state index in [-0.39, 0.29) is 0 Å². The van der Waals surface area contributed by atoms with Gasteiger partial charge in [-0.1, -0.05) is 22.9 Å². The number of hydrogen-bond acceptors (Lipinski definition) is 4. The molecular formula is C11H19BrN4O. The Kier molecular flexibility index (Phi) is 4.94. The van der Waals surface area contributed by atoms with Gasteiger partial charge in [0.25, 0.3) is 0 Å². The van der Waals surface area contributed by atoms with Crippen molar-refractivity contribution in [1.29, 1.82) is 0 Å². The van der Waals surface area contributed by atoms with Crippen molar-refractivity contribution >= 4 is 15.9 Å². The van der Waals surface area contributed by atoms with Crippen molar-refractivity contribution < 1.29 is 4.74 Å². The molecular weight excluding hydrogens is 284 g/mol. The number of aromatic nitrogens is 3. The van der Waals surface area contributed by atoms with Gasteiger partial charge < -0.3 is 4.74 Å². The normalized spacial score (nSPS) is 21.9. The second-order valence-electron chi connectivity index (χ2n) is 4.25. The maximum Gasteiger partial charge on any atom is 0.141 e. The summed E-state index contributed by atoms with van der Waals surface area (Å²) in [6, 6.07) is 0.440. The van der Waals surface area contributed by atoms with E-state index in [1.54, 1.807) is 6.33 Å². The van der Waals surface area contributed by atoms with Crippen LogP contribution in [0.3, 0.4) is 0 Å². The summed E-state index contributed by atoms with van der Waals surface area (Å²) in [5, 5.41) is 5.20. The van der Waals surface area contributed by atoms with Crippen molar-refractivity contribution in [1.82, 2.24) is 19.7 Å². The summed E-state index contributed by atoms with van der Waals surface area (Å²) >= 11 is 3.54. The summed E-state index contributed by atoms with van der Waals surface area (Å²) in [4.78, 5) is 6.76. The smallest absolute Gasteiger partial charge is 0.141 e. The van der Waals surface area contributed by atoms with E-state index in [4.69, 9.17) is 4.74 Å². The van der Waals surface area contributed by atoms with Gasteiger partial charge in [0.2, 0.25) is 0 Å². The lowest BCUT2D eigenvalue weighted by Crippen LogP contribution is -2.46. The number of aryl methyl sites for hydroxylation is 1. The average Bonchev–Trinajstić information content (AvgIpc) is 2.78. The molecule has 0 aliphatic carbocycles. The van der Waals surface area contributed by atoms with Crippen LogP contribution in [0.1, 0.15) is 19.2 Å². The number of halogens is 1. The zero-order chi connectivity index (χ0) is 12.1. The lowest BCUT2D eigenvalue weighted by Gasteiger charge is -2.34. The van der Waals surface area contributed by atoms with Gasteiger partial charge in [0.05, 0.1) is 19.8 Å². The molecule has 17 heavy (non-hydrogen) atoms. The fourth-order valence-electron chi connectivity index (χ4n) is 2.03. The molecule has 0 saturated carbocycles. The van der Waals surface area contributed by atoms with Crippen LogP contribution in [0.4, 0.5) is 0 Å². The Balaban J connectivity index is 2.00. The maximum absolute atomic E-state index is 5.49. The molecule has 1 unspecified atom stereocenters. The van der Waals surface area contributed by atoms with E-state index in [9.17, 15) is 0 Å². The van der Waals surface area contributed by atoms with Gasteiger partial charge in [-0.3, -0.25) is 4.90 Å². The second kappa shape index (κ2) is 6.47. The quantitative estimate of drug-likeness (QED) is 0.769. The fraction of sp³-hybridized carbons (Fsp3) is 0.818. The summed E-state index contributed by atoms with van der Waals surface area (Å²) in [6.07, 6.45) is 2.73. The van der Waals surface area contributed by atoms with Crippen molar-refractivity contribution in [3.63, 3.8) is 0 Å². The zero-order valence-corrected chi connectivity index (χ0v) is 11.8. The van der Waals surface area contributed by atoms with Crippen LogP contribution in [0.5, 0.6) is 0 Å². The third kappa shape index (κ3) is 3.26. The second-order valence-corrected chi connectivity index (χ2v) is 4.90. The largest absolute Gasteiger partial charge is 0.378 e. The van der Waals surface area contributed by atoms with Gasteiger partial charge in [-0.25, -0.2) is 9.67 Å². The summed E-state index contributed by atoms with van der Waals surface area (Å²) < 4.78 is 7.49. The lowest BCUT2D eigenvalue weighted by molar-refractivity contribution is -0.00384. The van der Waals surface area contributed by atoms with Crippen LogP contribution in [0.25, 0.3) is 0 Å². The molecule has 0 bridgehead atoms. The molecule has 1 fully saturated rings. The highest BCUT2D eigenvalue weighted by Gasteiger charge is 2.23. The van der Waals surface area contributed by atoms with Gasteiger partial charge >= 0.3 is 0 Å². The molecule has 2 heterocycles. The molecule has 5 nitrogen and oxygen atoms in total. The van der Waals surface area contributed by atoms with E-state index in [1.165, 1.54) is 0 Å². The van der Waals surface area contributed by atoms with Gasteiger partial charge in [0.15, 0.2) is 0 Å². The predicted molar refractivity (Wildman–Crippen MR) is 69.1 cm³/mol. The molecule has 1 aromatic rings. The first kappa shape index (κ1) is 13.0. The first-order valence-electron chi connectivity index (χ1n) is 6.09. The molecule has 1 atom stereocenters. The number of morpholine rings is 1. The highest BCUT2D eigenvalue weighted by atomic mass is 79.9. The Bertz CT molecular complexity index is 344. The van der Waals surface area contributed by atoms with Crippen LogP contribution >= 0.6 is 15.9 Å². The molecule has 1 aliphatic rings. The standard InChI is InChI=1S/C11H19BrN4O/c1-2-3-16-11(13-9-14-16)7-15-4-5-17-8-10(15)6-12/h9-10H,2-8H2,1H3. The van der Waals surface area contributed by atoms with Gasteiger partial charge in [-0.15, -0.1) is 0 Å². The van der Waals surface area contributed by atoms with E-state index < -0.39 is 0 Å². The number of alkyl halides is 1. The molecule has 0 amide bonds. The Hall–Kier alpha value is -0.460. The van der Waals surface area contributed by atoms with Crippen LogP contribution in [0, 0.1) is 0 Å². The van der Waals surface area contributed by atoms with Crippen LogP contribution in [0.2, 0.25) is 0 Å². The van der Waals surface area contributed by atoms with Gasteiger partial charge in [-0.05, 0) is 6.42 Å². The SMILES string of the molecule is CCCn1ncnc1CN1CCOCC1CBr. The minimum absolute atomic E-state index is 0.440. The van der Waals surface area contributed by atoms with Crippen LogP contribution in [-0.4, -0.2) is 50.8 Å². The molecule has 2 rings (SSSR count). The summed E-state index contributed by atoms with van der Waals surface area (Å²) in [7, 11) is 0. The third-order valence-corrected chi connectivity index (χ3v) is 3.75. The zero-order valence-electron chi connectivity index (χ0n) is 10.2. The van der Waals surface area contributed by atoms with Crippen LogP contribution in [-0.2, 0) is 17.8 Å². The van der Waals surface area contributed by atoms with Gasteiger partial charge in [0, 0.05) is 24.5 Å². The topological polar surface area (TPSA) is 43.2 Å². The maximum atomic E-state index is 5.49. The predicted octanol–water partition coefficient (Wildman–Crippen LogP) is 1.28. The highest BCUT2D eigenvalue weighted by molar-refractivity contribution is 9.09. The Morgan fingerprint density at radius 1 is 1.59 bits per heavy atom. The fourth-order valence-corrected chi connectivity index (χ4v) is 2.63. The first-order valence-corrected chi connectivity index (χ1v) is 7.21. The number of hydrogen-bond donors (Lipinski definition) is 0. The molecule has 0 radical (unpaired) electrons. The van der Waals surface area contributed by atoms with E-state index >= 15 is 0 Å². The Morgan fingerprint density at radius 3 is 3.24 bits per heavy atom. The van der Waals surface area contributed by atoms with Crippen molar-refractivity contribution in [3.8, 4) is 0 Å².